The van der Waals surface area contributed by atoms with Gasteiger partial charge in [0.1, 0.15) is 5.01 Å². The zero-order valence-corrected chi connectivity index (χ0v) is 11.8. The van der Waals surface area contributed by atoms with Crippen LogP contribution >= 0.6 is 11.3 Å². The summed E-state index contributed by atoms with van der Waals surface area (Å²) in [7, 11) is 0. The number of nitrogens with two attached hydrogens (primary N) is 1. The Labute approximate surface area is 110 Å². The Morgan fingerprint density at radius 1 is 1.44 bits per heavy atom. The molecule has 0 aromatic carbocycles. The van der Waals surface area contributed by atoms with Crippen molar-refractivity contribution in [3.8, 4) is 0 Å². The molecule has 0 aliphatic rings. The summed E-state index contributed by atoms with van der Waals surface area (Å²) in [5, 5.41) is 7.03. The van der Waals surface area contributed by atoms with Crippen molar-refractivity contribution in [1.82, 2.24) is 15.1 Å². The molecular weight excluding hydrogens is 248 g/mol. The van der Waals surface area contributed by atoms with Crippen LogP contribution in [0.5, 0.6) is 0 Å². The van der Waals surface area contributed by atoms with E-state index in [0.29, 0.717) is 24.7 Å². The summed E-state index contributed by atoms with van der Waals surface area (Å²) in [6.45, 7) is 6.59. The molecule has 2 N–H and O–H groups in total. The van der Waals surface area contributed by atoms with Gasteiger partial charge in [-0.1, -0.05) is 12.1 Å². The molecule has 0 bridgehead atoms. The molecule has 0 aliphatic heterocycles. The predicted octanol–water partition coefficient (Wildman–Crippen LogP) is 2.05. The van der Waals surface area contributed by atoms with Crippen LogP contribution < -0.4 is 5.73 Å². The van der Waals surface area contributed by atoms with Gasteiger partial charge in [0.05, 0.1) is 11.8 Å². The van der Waals surface area contributed by atoms with Gasteiger partial charge in [0.2, 0.25) is 5.89 Å². The van der Waals surface area contributed by atoms with E-state index in [0.717, 1.165) is 17.1 Å². The summed E-state index contributed by atoms with van der Waals surface area (Å²) in [5.74, 6) is 1.29. The van der Waals surface area contributed by atoms with E-state index in [4.69, 9.17) is 10.3 Å². The predicted molar refractivity (Wildman–Crippen MR) is 70.7 cm³/mol. The first-order valence-electron chi connectivity index (χ1n) is 6.01. The highest BCUT2D eigenvalue weighted by atomic mass is 32.1. The SMILES string of the molecule is CCC(C)(CN)c1nc(Cc2nc(C)cs2)no1. The van der Waals surface area contributed by atoms with Crippen molar-refractivity contribution >= 4 is 11.3 Å². The lowest BCUT2D eigenvalue weighted by Gasteiger charge is -2.20. The minimum Gasteiger partial charge on any atom is -0.339 e. The van der Waals surface area contributed by atoms with Gasteiger partial charge in [-0.05, 0) is 20.3 Å². The number of rotatable bonds is 5. The summed E-state index contributed by atoms with van der Waals surface area (Å²) >= 11 is 1.62. The highest BCUT2D eigenvalue weighted by Crippen LogP contribution is 2.25. The molecule has 0 saturated heterocycles. The molecule has 0 spiro atoms. The Hall–Kier alpha value is -1.27. The molecule has 98 valence electrons. The maximum atomic E-state index is 5.78. The number of hydrogen-bond acceptors (Lipinski definition) is 6. The van der Waals surface area contributed by atoms with Crippen LogP contribution in [0.4, 0.5) is 0 Å². The second kappa shape index (κ2) is 5.16. The van der Waals surface area contributed by atoms with Gasteiger partial charge in [-0.25, -0.2) is 4.98 Å². The van der Waals surface area contributed by atoms with E-state index in [9.17, 15) is 0 Å². The van der Waals surface area contributed by atoms with Crippen molar-refractivity contribution in [3.05, 3.63) is 27.8 Å². The molecule has 6 heteroatoms. The van der Waals surface area contributed by atoms with Crippen LogP contribution in [0.25, 0.3) is 0 Å². The molecule has 1 atom stereocenters. The Kier molecular flexibility index (Phi) is 3.77. The molecule has 0 aliphatic carbocycles. The van der Waals surface area contributed by atoms with E-state index in [1.807, 2.05) is 19.2 Å². The lowest BCUT2D eigenvalue weighted by molar-refractivity contribution is 0.289. The zero-order valence-electron chi connectivity index (χ0n) is 10.9. The third-order valence-corrected chi connectivity index (χ3v) is 4.16. The van der Waals surface area contributed by atoms with Crippen LogP contribution in [-0.4, -0.2) is 21.7 Å². The maximum absolute atomic E-state index is 5.78. The van der Waals surface area contributed by atoms with Crippen LogP contribution in [0.2, 0.25) is 0 Å². The topological polar surface area (TPSA) is 77.8 Å². The third kappa shape index (κ3) is 2.59. The maximum Gasteiger partial charge on any atom is 0.233 e. The van der Waals surface area contributed by atoms with E-state index in [-0.39, 0.29) is 5.41 Å². The fourth-order valence-electron chi connectivity index (χ4n) is 1.57. The molecule has 5 nitrogen and oxygen atoms in total. The number of nitrogens with zero attached hydrogens (tertiary/aromatic N) is 3. The minimum absolute atomic E-state index is 0.232. The molecule has 18 heavy (non-hydrogen) atoms. The first kappa shape index (κ1) is 13.2. The molecule has 2 aromatic rings. The lowest BCUT2D eigenvalue weighted by atomic mass is 9.88. The van der Waals surface area contributed by atoms with Gasteiger partial charge in [-0.3, -0.25) is 0 Å². The Morgan fingerprint density at radius 3 is 2.78 bits per heavy atom. The second-order valence-electron chi connectivity index (χ2n) is 4.69. The van der Waals surface area contributed by atoms with Crippen LogP contribution in [-0.2, 0) is 11.8 Å². The molecule has 0 amide bonds. The van der Waals surface area contributed by atoms with Gasteiger partial charge < -0.3 is 10.3 Å². The summed E-state index contributed by atoms with van der Waals surface area (Å²) in [6.07, 6.45) is 1.49. The summed E-state index contributed by atoms with van der Waals surface area (Å²) < 4.78 is 5.33. The smallest absolute Gasteiger partial charge is 0.233 e. The van der Waals surface area contributed by atoms with Crippen LogP contribution in [0, 0.1) is 6.92 Å². The molecule has 1 unspecified atom stereocenters. The molecule has 2 rings (SSSR count). The van der Waals surface area contributed by atoms with Crippen LogP contribution in [0.1, 0.15) is 42.7 Å². The monoisotopic (exact) mass is 266 g/mol. The molecule has 0 radical (unpaired) electrons. The van der Waals surface area contributed by atoms with Crippen molar-refractivity contribution < 1.29 is 4.52 Å². The average molecular weight is 266 g/mol. The van der Waals surface area contributed by atoms with Crippen molar-refractivity contribution in [3.63, 3.8) is 0 Å². The van der Waals surface area contributed by atoms with Crippen molar-refractivity contribution in [2.24, 2.45) is 5.73 Å². The van der Waals surface area contributed by atoms with Crippen molar-refractivity contribution in [2.45, 2.75) is 39.0 Å². The van der Waals surface area contributed by atoms with Gasteiger partial charge >= 0.3 is 0 Å². The summed E-state index contributed by atoms with van der Waals surface area (Å²) in [4.78, 5) is 8.83. The summed E-state index contributed by atoms with van der Waals surface area (Å²) in [6, 6.07) is 0. The van der Waals surface area contributed by atoms with E-state index < -0.39 is 0 Å². The van der Waals surface area contributed by atoms with Gasteiger partial charge in [-0.15, -0.1) is 11.3 Å². The third-order valence-electron chi connectivity index (χ3n) is 3.19. The van der Waals surface area contributed by atoms with Crippen LogP contribution in [0.15, 0.2) is 9.90 Å². The summed E-state index contributed by atoms with van der Waals surface area (Å²) in [5.41, 5.74) is 6.57. The molecular formula is C12H18N4OS. The Balaban J connectivity index is 2.15. The lowest BCUT2D eigenvalue weighted by Crippen LogP contribution is -2.31. The quantitative estimate of drug-likeness (QED) is 0.896. The molecule has 0 fully saturated rings. The van der Waals surface area contributed by atoms with Crippen LogP contribution in [0.3, 0.4) is 0 Å². The highest BCUT2D eigenvalue weighted by Gasteiger charge is 2.29. The molecule has 2 aromatic heterocycles. The van der Waals surface area contributed by atoms with Gasteiger partial charge in [-0.2, -0.15) is 4.98 Å². The Bertz CT molecular complexity index is 516. The van der Waals surface area contributed by atoms with E-state index >= 15 is 0 Å². The molecule has 2 heterocycles. The number of thiazole rings is 1. The van der Waals surface area contributed by atoms with Gasteiger partial charge in [0, 0.05) is 17.6 Å². The van der Waals surface area contributed by atoms with E-state index in [2.05, 4.69) is 22.0 Å². The van der Waals surface area contributed by atoms with Gasteiger partial charge in [0.25, 0.3) is 0 Å². The zero-order chi connectivity index (χ0) is 13.2. The fourth-order valence-corrected chi connectivity index (χ4v) is 2.34. The number of aryl methyl sites for hydroxylation is 1. The number of aromatic nitrogens is 3. The standard InChI is InChI=1S/C12H18N4OS/c1-4-12(3,7-13)11-15-9(16-17-11)5-10-14-8(2)6-18-10/h6H,4-5,7,13H2,1-3H3. The minimum atomic E-state index is -0.232. The Morgan fingerprint density at radius 2 is 2.22 bits per heavy atom. The van der Waals surface area contributed by atoms with Crippen molar-refractivity contribution in [1.29, 1.82) is 0 Å². The fraction of sp³-hybridized carbons (Fsp3) is 0.583. The number of hydrogen-bond donors (Lipinski definition) is 1. The second-order valence-corrected chi connectivity index (χ2v) is 5.64. The molecule has 0 saturated carbocycles. The van der Waals surface area contributed by atoms with Gasteiger partial charge in [0.15, 0.2) is 5.82 Å². The van der Waals surface area contributed by atoms with E-state index in [1.165, 1.54) is 0 Å². The van der Waals surface area contributed by atoms with E-state index in [1.54, 1.807) is 11.3 Å². The van der Waals surface area contributed by atoms with Crippen molar-refractivity contribution in [2.75, 3.05) is 6.54 Å². The first-order valence-corrected chi connectivity index (χ1v) is 6.89. The highest BCUT2D eigenvalue weighted by molar-refractivity contribution is 7.09. The average Bonchev–Trinajstić information content (AvgIpc) is 2.98. The normalized spacial score (nSPS) is 14.7. The largest absolute Gasteiger partial charge is 0.339 e. The first-order chi connectivity index (χ1) is 8.57.